The molecule has 0 bridgehead atoms. The maximum Gasteiger partial charge on any atom is 0.321 e. The molecule has 4 nitrogen and oxygen atoms in total. The van der Waals surface area contributed by atoms with Gasteiger partial charge in [-0.1, -0.05) is 24.3 Å². The molecule has 1 aromatic rings. The summed E-state index contributed by atoms with van der Waals surface area (Å²) in [5.74, 6) is 0.970. The Hall–Kier alpha value is -1.46. The van der Waals surface area contributed by atoms with Gasteiger partial charge in [-0.05, 0) is 30.4 Å². The summed E-state index contributed by atoms with van der Waals surface area (Å²) in [4.78, 5) is 16.8. The molecule has 118 valence electrons. The van der Waals surface area contributed by atoms with E-state index in [2.05, 4.69) is 40.8 Å². The first-order chi connectivity index (χ1) is 10.8. The zero-order valence-electron chi connectivity index (χ0n) is 13.0. The molecule has 0 saturated carbocycles. The van der Waals surface area contributed by atoms with Crippen LogP contribution in [0.1, 0.15) is 12.0 Å². The van der Waals surface area contributed by atoms with Crippen molar-refractivity contribution in [2.45, 2.75) is 18.2 Å². The average molecular weight is 317 g/mol. The molecule has 1 N–H and O–H groups in total. The zero-order valence-corrected chi connectivity index (χ0v) is 13.8. The van der Waals surface area contributed by atoms with Crippen LogP contribution < -0.4 is 5.32 Å². The van der Waals surface area contributed by atoms with E-state index in [4.69, 9.17) is 0 Å². The Bertz CT molecular complexity index is 553. The van der Waals surface area contributed by atoms with Gasteiger partial charge in [0.25, 0.3) is 0 Å². The van der Waals surface area contributed by atoms with Crippen LogP contribution in [0.2, 0.25) is 0 Å². The molecule has 0 radical (unpaired) electrons. The van der Waals surface area contributed by atoms with Crippen molar-refractivity contribution < 1.29 is 4.79 Å². The molecule has 1 fully saturated rings. The van der Waals surface area contributed by atoms with Crippen molar-refractivity contribution in [1.29, 1.82) is 0 Å². The number of benzene rings is 1. The van der Waals surface area contributed by atoms with E-state index in [1.54, 1.807) is 11.8 Å². The van der Waals surface area contributed by atoms with E-state index in [0.29, 0.717) is 6.04 Å². The molecular weight excluding hydrogens is 294 g/mol. The first-order valence-electron chi connectivity index (χ1n) is 7.79. The minimum Gasteiger partial charge on any atom is -0.323 e. The van der Waals surface area contributed by atoms with Crippen LogP contribution in [0.15, 0.2) is 36.4 Å². The largest absolute Gasteiger partial charge is 0.323 e. The molecule has 0 aliphatic carbocycles. The summed E-state index contributed by atoms with van der Waals surface area (Å²) in [6.45, 7) is 3.73. The Kier molecular flexibility index (Phi) is 5.05. The quantitative estimate of drug-likeness (QED) is 0.867. The maximum absolute atomic E-state index is 12.4. The van der Waals surface area contributed by atoms with Crippen molar-refractivity contribution in [3.05, 3.63) is 42.0 Å². The van der Waals surface area contributed by atoms with E-state index in [-0.39, 0.29) is 6.03 Å². The van der Waals surface area contributed by atoms with Gasteiger partial charge in [0.1, 0.15) is 0 Å². The normalized spacial score (nSPS) is 21.5. The lowest BCUT2D eigenvalue weighted by Crippen LogP contribution is -2.38. The fraction of sp³-hybridized carbons (Fsp3) is 0.471. The summed E-state index contributed by atoms with van der Waals surface area (Å²) in [5.41, 5.74) is 2.13. The SMILES string of the molecule is CSCc1cccc(NC(=O)N2CCC(N3CC=CC3)C2)c1. The summed E-state index contributed by atoms with van der Waals surface area (Å²) in [6, 6.07) is 8.65. The van der Waals surface area contributed by atoms with E-state index >= 15 is 0 Å². The number of nitrogens with one attached hydrogen (secondary N) is 1. The minimum atomic E-state index is 0.0240. The molecule has 3 rings (SSSR count). The maximum atomic E-state index is 12.4. The van der Waals surface area contributed by atoms with Crippen LogP contribution in [0.25, 0.3) is 0 Å². The highest BCUT2D eigenvalue weighted by Crippen LogP contribution is 2.20. The standard InChI is InChI=1S/C17H23N3OS/c1-22-13-14-5-4-6-15(11-14)18-17(21)20-10-7-16(12-20)19-8-2-3-9-19/h2-6,11,16H,7-10,12-13H2,1H3,(H,18,21). The van der Waals surface area contributed by atoms with Gasteiger partial charge in [0.15, 0.2) is 0 Å². The fourth-order valence-electron chi connectivity index (χ4n) is 3.12. The van der Waals surface area contributed by atoms with Crippen LogP contribution in [0, 0.1) is 0 Å². The molecule has 5 heteroatoms. The molecule has 0 spiro atoms. The van der Waals surface area contributed by atoms with E-state index < -0.39 is 0 Å². The molecule has 2 aliphatic rings. The molecule has 1 aromatic carbocycles. The van der Waals surface area contributed by atoms with Gasteiger partial charge < -0.3 is 10.2 Å². The molecular formula is C17H23N3OS. The minimum absolute atomic E-state index is 0.0240. The number of anilines is 1. The number of carbonyl (C=O) groups excluding carboxylic acids is 1. The molecule has 1 unspecified atom stereocenters. The number of hydrogen-bond donors (Lipinski definition) is 1. The van der Waals surface area contributed by atoms with Crippen molar-refractivity contribution in [2.75, 3.05) is 37.8 Å². The van der Waals surface area contributed by atoms with Gasteiger partial charge in [-0.25, -0.2) is 4.79 Å². The highest BCUT2D eigenvalue weighted by atomic mass is 32.2. The second kappa shape index (κ2) is 7.20. The van der Waals surface area contributed by atoms with E-state index in [1.165, 1.54) is 5.56 Å². The number of urea groups is 1. The monoisotopic (exact) mass is 317 g/mol. The second-order valence-electron chi connectivity index (χ2n) is 5.88. The second-order valence-corrected chi connectivity index (χ2v) is 6.74. The van der Waals surface area contributed by atoms with Gasteiger partial charge in [-0.15, -0.1) is 0 Å². The van der Waals surface area contributed by atoms with Crippen LogP contribution in [0.4, 0.5) is 10.5 Å². The lowest BCUT2D eigenvalue weighted by Gasteiger charge is -2.23. The van der Waals surface area contributed by atoms with E-state index in [1.807, 2.05) is 17.0 Å². The summed E-state index contributed by atoms with van der Waals surface area (Å²) in [7, 11) is 0. The third kappa shape index (κ3) is 3.65. The molecule has 0 aromatic heterocycles. The first kappa shape index (κ1) is 15.4. The van der Waals surface area contributed by atoms with Crippen LogP contribution in [-0.2, 0) is 5.75 Å². The first-order valence-corrected chi connectivity index (χ1v) is 9.18. The van der Waals surface area contributed by atoms with Crippen molar-refractivity contribution >= 4 is 23.5 Å². The van der Waals surface area contributed by atoms with Crippen LogP contribution >= 0.6 is 11.8 Å². The third-order valence-corrected chi connectivity index (χ3v) is 4.92. The summed E-state index contributed by atoms with van der Waals surface area (Å²) in [5, 5.41) is 3.04. The Balaban J connectivity index is 1.55. The average Bonchev–Trinajstić information content (AvgIpc) is 3.19. The molecule has 1 atom stereocenters. The lowest BCUT2D eigenvalue weighted by molar-refractivity contribution is 0.212. The Labute approximate surface area is 136 Å². The Morgan fingerprint density at radius 2 is 2.18 bits per heavy atom. The zero-order chi connectivity index (χ0) is 15.4. The van der Waals surface area contributed by atoms with E-state index in [9.17, 15) is 4.79 Å². The molecule has 2 heterocycles. The number of carbonyl (C=O) groups is 1. The van der Waals surface area contributed by atoms with Crippen molar-refractivity contribution in [1.82, 2.24) is 9.80 Å². The van der Waals surface area contributed by atoms with Crippen LogP contribution in [0.3, 0.4) is 0 Å². The van der Waals surface area contributed by atoms with Gasteiger partial charge >= 0.3 is 6.03 Å². The van der Waals surface area contributed by atoms with Crippen molar-refractivity contribution in [3.8, 4) is 0 Å². The number of amides is 2. The number of thioether (sulfide) groups is 1. The number of hydrogen-bond acceptors (Lipinski definition) is 3. The number of rotatable bonds is 4. The predicted octanol–water partition coefficient (Wildman–Crippen LogP) is 3.03. The highest BCUT2D eigenvalue weighted by Gasteiger charge is 2.30. The van der Waals surface area contributed by atoms with Gasteiger partial charge in [-0.2, -0.15) is 11.8 Å². The van der Waals surface area contributed by atoms with Gasteiger partial charge in [0.2, 0.25) is 0 Å². The number of nitrogens with zero attached hydrogens (tertiary/aromatic N) is 2. The summed E-state index contributed by atoms with van der Waals surface area (Å²) in [6.07, 6.45) is 7.57. The smallest absolute Gasteiger partial charge is 0.321 e. The molecule has 1 saturated heterocycles. The fourth-order valence-corrected chi connectivity index (χ4v) is 3.64. The van der Waals surface area contributed by atoms with Gasteiger partial charge in [0.05, 0.1) is 0 Å². The highest BCUT2D eigenvalue weighted by molar-refractivity contribution is 7.97. The van der Waals surface area contributed by atoms with Crippen LogP contribution in [-0.4, -0.2) is 54.3 Å². The van der Waals surface area contributed by atoms with E-state index in [0.717, 1.165) is 44.0 Å². The van der Waals surface area contributed by atoms with Gasteiger partial charge in [0, 0.05) is 43.7 Å². The third-order valence-electron chi connectivity index (χ3n) is 4.30. The molecule has 22 heavy (non-hydrogen) atoms. The topological polar surface area (TPSA) is 35.6 Å². The molecule has 2 amide bonds. The van der Waals surface area contributed by atoms with Crippen molar-refractivity contribution in [2.24, 2.45) is 0 Å². The molecule has 2 aliphatic heterocycles. The van der Waals surface area contributed by atoms with Crippen LogP contribution in [0.5, 0.6) is 0 Å². The predicted molar refractivity (Wildman–Crippen MR) is 93.4 cm³/mol. The summed E-state index contributed by atoms with van der Waals surface area (Å²) < 4.78 is 0. The van der Waals surface area contributed by atoms with Crippen molar-refractivity contribution in [3.63, 3.8) is 0 Å². The summed E-state index contributed by atoms with van der Waals surface area (Å²) >= 11 is 1.79. The van der Waals surface area contributed by atoms with Gasteiger partial charge in [-0.3, -0.25) is 4.90 Å². The lowest BCUT2D eigenvalue weighted by atomic mass is 10.2. The Morgan fingerprint density at radius 3 is 2.95 bits per heavy atom. The Morgan fingerprint density at radius 1 is 1.36 bits per heavy atom. The number of likely N-dealkylation sites (tertiary alicyclic amines) is 1.